The SMILES string of the molecule is Cc1ccc(C)c(C(=O)CSc2nnc(-c3ccc(F)cc3)n2Cc2ccccc2)c1. The van der Waals surface area contributed by atoms with Gasteiger partial charge < -0.3 is 0 Å². The zero-order valence-corrected chi connectivity index (χ0v) is 18.2. The minimum Gasteiger partial charge on any atom is -0.298 e. The monoisotopic (exact) mass is 431 g/mol. The largest absolute Gasteiger partial charge is 0.298 e. The van der Waals surface area contributed by atoms with E-state index in [0.29, 0.717) is 17.5 Å². The molecule has 1 aromatic heterocycles. The number of ketones is 1. The highest BCUT2D eigenvalue weighted by molar-refractivity contribution is 7.99. The molecular weight excluding hydrogens is 409 g/mol. The Labute approximate surface area is 185 Å². The maximum Gasteiger partial charge on any atom is 0.192 e. The summed E-state index contributed by atoms with van der Waals surface area (Å²) in [6, 6.07) is 22.1. The Morgan fingerprint density at radius 2 is 1.71 bits per heavy atom. The Kier molecular flexibility index (Phi) is 6.28. The zero-order valence-electron chi connectivity index (χ0n) is 17.4. The fourth-order valence-electron chi connectivity index (χ4n) is 3.36. The average molecular weight is 432 g/mol. The lowest BCUT2D eigenvalue weighted by Crippen LogP contribution is -2.08. The van der Waals surface area contributed by atoms with Crippen LogP contribution in [0, 0.1) is 19.7 Å². The van der Waals surface area contributed by atoms with Crippen molar-refractivity contribution >= 4 is 17.5 Å². The molecule has 6 heteroatoms. The highest BCUT2D eigenvalue weighted by Crippen LogP contribution is 2.26. The second-order valence-electron chi connectivity index (χ2n) is 7.42. The smallest absolute Gasteiger partial charge is 0.192 e. The molecule has 0 saturated heterocycles. The van der Waals surface area contributed by atoms with E-state index in [1.165, 1.54) is 23.9 Å². The van der Waals surface area contributed by atoms with Gasteiger partial charge in [0.25, 0.3) is 0 Å². The quantitative estimate of drug-likeness (QED) is 0.277. The van der Waals surface area contributed by atoms with Crippen LogP contribution in [-0.2, 0) is 6.54 Å². The van der Waals surface area contributed by atoms with Gasteiger partial charge in [-0.15, -0.1) is 10.2 Å². The first kappa shape index (κ1) is 21.0. The van der Waals surface area contributed by atoms with Crippen molar-refractivity contribution in [2.75, 3.05) is 5.75 Å². The predicted octanol–water partition coefficient (Wildman–Crippen LogP) is 5.72. The van der Waals surface area contributed by atoms with Crippen LogP contribution in [0.3, 0.4) is 0 Å². The van der Waals surface area contributed by atoms with Crippen LogP contribution in [-0.4, -0.2) is 26.3 Å². The summed E-state index contributed by atoms with van der Waals surface area (Å²) in [5.74, 6) is 0.668. The number of rotatable bonds is 7. The van der Waals surface area contributed by atoms with Gasteiger partial charge >= 0.3 is 0 Å². The fraction of sp³-hybridized carbons (Fsp3) is 0.160. The van der Waals surface area contributed by atoms with Crippen LogP contribution in [0.1, 0.15) is 27.0 Å². The number of aromatic nitrogens is 3. The molecule has 0 unspecified atom stereocenters. The molecule has 3 aromatic carbocycles. The number of hydrogen-bond donors (Lipinski definition) is 0. The third kappa shape index (κ3) is 4.91. The second-order valence-corrected chi connectivity index (χ2v) is 8.36. The molecule has 0 atom stereocenters. The lowest BCUT2D eigenvalue weighted by molar-refractivity contribution is 0.102. The maximum atomic E-state index is 13.4. The van der Waals surface area contributed by atoms with Crippen LogP contribution in [0.25, 0.3) is 11.4 Å². The van der Waals surface area contributed by atoms with E-state index in [4.69, 9.17) is 0 Å². The Morgan fingerprint density at radius 3 is 2.45 bits per heavy atom. The number of Topliss-reactive ketones (excluding diaryl/α,β-unsaturated/α-hetero) is 1. The molecule has 0 fully saturated rings. The molecule has 156 valence electrons. The summed E-state index contributed by atoms with van der Waals surface area (Å²) < 4.78 is 15.4. The molecule has 0 radical (unpaired) electrons. The fourth-order valence-corrected chi connectivity index (χ4v) is 4.18. The number of benzene rings is 3. The van der Waals surface area contributed by atoms with E-state index in [1.807, 2.05) is 66.9 Å². The van der Waals surface area contributed by atoms with Gasteiger partial charge in [0.2, 0.25) is 0 Å². The first-order chi connectivity index (χ1) is 15.0. The lowest BCUT2D eigenvalue weighted by atomic mass is 10.0. The average Bonchev–Trinajstić information content (AvgIpc) is 3.17. The molecule has 4 aromatic rings. The van der Waals surface area contributed by atoms with Crippen LogP contribution in [0.2, 0.25) is 0 Å². The maximum absolute atomic E-state index is 13.4. The minimum absolute atomic E-state index is 0.0591. The van der Waals surface area contributed by atoms with E-state index < -0.39 is 0 Å². The molecule has 0 spiro atoms. The standard InChI is InChI=1S/C25H22FN3OS/c1-17-8-9-18(2)22(14-17)23(30)16-31-25-28-27-24(20-10-12-21(26)13-11-20)29(25)15-19-6-4-3-5-7-19/h3-14H,15-16H2,1-2H3. The van der Waals surface area contributed by atoms with Crippen molar-refractivity contribution in [3.8, 4) is 11.4 Å². The van der Waals surface area contributed by atoms with Gasteiger partial charge in [0.05, 0.1) is 12.3 Å². The van der Waals surface area contributed by atoms with Crippen molar-refractivity contribution in [1.29, 1.82) is 0 Å². The third-order valence-electron chi connectivity index (χ3n) is 5.03. The van der Waals surface area contributed by atoms with Gasteiger partial charge in [-0.3, -0.25) is 9.36 Å². The molecule has 0 aliphatic heterocycles. The van der Waals surface area contributed by atoms with E-state index >= 15 is 0 Å². The number of thioether (sulfide) groups is 1. The molecule has 0 N–H and O–H groups in total. The Hall–Kier alpha value is -3.25. The summed E-state index contributed by atoms with van der Waals surface area (Å²) >= 11 is 1.37. The molecule has 0 bridgehead atoms. The highest BCUT2D eigenvalue weighted by Gasteiger charge is 2.17. The van der Waals surface area contributed by atoms with Gasteiger partial charge in [-0.1, -0.05) is 59.8 Å². The van der Waals surface area contributed by atoms with Gasteiger partial charge in [0.1, 0.15) is 5.82 Å². The van der Waals surface area contributed by atoms with Crippen molar-refractivity contribution in [1.82, 2.24) is 14.8 Å². The van der Waals surface area contributed by atoms with E-state index in [0.717, 1.165) is 27.8 Å². The molecular formula is C25H22FN3OS. The van der Waals surface area contributed by atoms with E-state index in [9.17, 15) is 9.18 Å². The summed E-state index contributed by atoms with van der Waals surface area (Å²) in [6.45, 7) is 4.48. The first-order valence-corrected chi connectivity index (χ1v) is 11.0. The summed E-state index contributed by atoms with van der Waals surface area (Å²) in [7, 11) is 0. The Bertz CT molecular complexity index is 1200. The van der Waals surface area contributed by atoms with Crippen LogP contribution in [0.15, 0.2) is 78.0 Å². The zero-order chi connectivity index (χ0) is 21.8. The Balaban J connectivity index is 1.63. The molecule has 0 saturated carbocycles. The van der Waals surface area contributed by atoms with Gasteiger partial charge in [0, 0.05) is 11.1 Å². The van der Waals surface area contributed by atoms with Crippen LogP contribution < -0.4 is 0 Å². The molecule has 0 aliphatic rings. The number of carbonyl (C=O) groups excluding carboxylic acids is 1. The van der Waals surface area contributed by atoms with Crippen LogP contribution in [0.5, 0.6) is 0 Å². The molecule has 4 nitrogen and oxygen atoms in total. The number of aryl methyl sites for hydroxylation is 2. The summed E-state index contributed by atoms with van der Waals surface area (Å²) in [6.07, 6.45) is 0. The van der Waals surface area contributed by atoms with E-state index in [1.54, 1.807) is 12.1 Å². The van der Waals surface area contributed by atoms with Gasteiger partial charge in [-0.2, -0.15) is 0 Å². The normalized spacial score (nSPS) is 10.9. The minimum atomic E-state index is -0.299. The van der Waals surface area contributed by atoms with Crippen molar-refractivity contribution in [3.05, 3.63) is 101 Å². The number of nitrogens with zero attached hydrogens (tertiary/aromatic N) is 3. The van der Waals surface area contributed by atoms with Crippen LogP contribution in [0.4, 0.5) is 4.39 Å². The number of hydrogen-bond acceptors (Lipinski definition) is 4. The van der Waals surface area contributed by atoms with Crippen LogP contribution >= 0.6 is 11.8 Å². The second kappa shape index (κ2) is 9.27. The third-order valence-corrected chi connectivity index (χ3v) is 6.00. The van der Waals surface area contributed by atoms with E-state index in [-0.39, 0.29) is 17.4 Å². The topological polar surface area (TPSA) is 47.8 Å². The number of carbonyl (C=O) groups is 1. The summed E-state index contributed by atoms with van der Waals surface area (Å²) in [5.41, 5.74) is 4.63. The Morgan fingerprint density at radius 1 is 0.968 bits per heavy atom. The molecule has 31 heavy (non-hydrogen) atoms. The van der Waals surface area contributed by atoms with Crippen molar-refractivity contribution in [2.45, 2.75) is 25.5 Å². The number of halogens is 1. The molecule has 0 amide bonds. The van der Waals surface area contributed by atoms with Gasteiger partial charge in [-0.05, 0) is 55.3 Å². The lowest BCUT2D eigenvalue weighted by Gasteiger charge is -2.11. The summed E-state index contributed by atoms with van der Waals surface area (Å²) in [5, 5.41) is 9.35. The molecule has 4 rings (SSSR count). The summed E-state index contributed by atoms with van der Waals surface area (Å²) in [4.78, 5) is 12.9. The first-order valence-electron chi connectivity index (χ1n) is 9.97. The van der Waals surface area contributed by atoms with Crippen molar-refractivity contribution < 1.29 is 9.18 Å². The molecule has 1 heterocycles. The highest BCUT2D eigenvalue weighted by atomic mass is 32.2. The van der Waals surface area contributed by atoms with E-state index in [2.05, 4.69) is 10.2 Å². The van der Waals surface area contributed by atoms with Gasteiger partial charge in [-0.25, -0.2) is 4.39 Å². The predicted molar refractivity (Wildman–Crippen MR) is 122 cm³/mol. The van der Waals surface area contributed by atoms with Crippen molar-refractivity contribution in [3.63, 3.8) is 0 Å². The molecule has 0 aliphatic carbocycles. The van der Waals surface area contributed by atoms with Gasteiger partial charge in [0.15, 0.2) is 16.8 Å². The van der Waals surface area contributed by atoms with Crippen molar-refractivity contribution in [2.24, 2.45) is 0 Å².